The minimum atomic E-state index is -0.496. The van der Waals surface area contributed by atoms with E-state index in [2.05, 4.69) is 15.4 Å². The zero-order valence-corrected chi connectivity index (χ0v) is 11.9. The first kappa shape index (κ1) is 14.1. The molecule has 1 N–H and O–H groups in total. The van der Waals surface area contributed by atoms with Crippen LogP contribution in [0.3, 0.4) is 0 Å². The smallest absolute Gasteiger partial charge is 0.358 e. The van der Waals surface area contributed by atoms with Gasteiger partial charge in [0.2, 0.25) is 0 Å². The van der Waals surface area contributed by atoms with E-state index in [1.54, 1.807) is 18.0 Å². The van der Waals surface area contributed by atoms with Gasteiger partial charge in [-0.05, 0) is 18.4 Å². The van der Waals surface area contributed by atoms with Crippen LogP contribution in [0.25, 0.3) is 5.70 Å². The molecule has 7 heteroatoms. The molecule has 104 valence electrons. The van der Waals surface area contributed by atoms with Crippen molar-refractivity contribution in [2.75, 3.05) is 18.7 Å². The van der Waals surface area contributed by atoms with Gasteiger partial charge in [0.05, 0.1) is 12.8 Å². The second kappa shape index (κ2) is 6.76. The lowest BCUT2D eigenvalue weighted by Crippen LogP contribution is -2.12. The fourth-order valence-corrected chi connectivity index (χ4v) is 2.13. The third-order valence-electron chi connectivity index (χ3n) is 2.53. The number of carbonyl (C=O) groups excluding carboxylic acids is 1. The second-order valence-corrected chi connectivity index (χ2v) is 4.55. The molecule has 20 heavy (non-hydrogen) atoms. The molecule has 1 aromatic heterocycles. The summed E-state index contributed by atoms with van der Waals surface area (Å²) in [5.41, 5.74) is 1.16. The standard InChI is InChI=1S/C13H14N4O2S/c1-19-13(18)11(17-9-14-8-16-17)7-15-10-5-3-4-6-12(10)20-2/h3-9,15H,1-2H3. The van der Waals surface area contributed by atoms with Crippen LogP contribution in [-0.2, 0) is 9.53 Å². The van der Waals surface area contributed by atoms with Crippen LogP contribution in [0.1, 0.15) is 0 Å². The van der Waals surface area contributed by atoms with Gasteiger partial charge >= 0.3 is 5.97 Å². The Morgan fingerprint density at radius 1 is 1.45 bits per heavy atom. The first-order valence-electron chi connectivity index (χ1n) is 5.79. The molecule has 0 aliphatic rings. The Hall–Kier alpha value is -2.28. The van der Waals surface area contributed by atoms with Gasteiger partial charge in [-0.3, -0.25) is 0 Å². The summed E-state index contributed by atoms with van der Waals surface area (Å²) in [6.07, 6.45) is 6.33. The number of benzene rings is 1. The highest BCUT2D eigenvalue weighted by atomic mass is 32.2. The molecule has 0 bridgehead atoms. The van der Waals surface area contributed by atoms with Gasteiger partial charge in [0, 0.05) is 11.1 Å². The maximum absolute atomic E-state index is 11.8. The van der Waals surface area contributed by atoms with Crippen molar-refractivity contribution in [3.05, 3.63) is 43.1 Å². The number of ether oxygens (including phenoxy) is 1. The quantitative estimate of drug-likeness (QED) is 0.516. The SMILES string of the molecule is COC(=O)C(=CNc1ccccc1SC)n1cncn1. The van der Waals surface area contributed by atoms with E-state index in [1.165, 1.54) is 24.4 Å². The van der Waals surface area contributed by atoms with Crippen LogP contribution in [0.2, 0.25) is 0 Å². The highest BCUT2D eigenvalue weighted by molar-refractivity contribution is 7.98. The highest BCUT2D eigenvalue weighted by Gasteiger charge is 2.13. The van der Waals surface area contributed by atoms with Crippen LogP contribution in [0, 0.1) is 0 Å². The third kappa shape index (κ3) is 3.18. The number of hydrogen-bond donors (Lipinski definition) is 1. The molecule has 0 unspecified atom stereocenters. The molecule has 0 radical (unpaired) electrons. The Labute approximate surface area is 120 Å². The molecule has 6 nitrogen and oxygen atoms in total. The summed E-state index contributed by atoms with van der Waals surface area (Å²) in [7, 11) is 1.32. The number of carbonyl (C=O) groups is 1. The molecule has 0 saturated carbocycles. The Kier molecular flexibility index (Phi) is 4.78. The van der Waals surface area contributed by atoms with E-state index >= 15 is 0 Å². The Morgan fingerprint density at radius 3 is 2.90 bits per heavy atom. The zero-order chi connectivity index (χ0) is 14.4. The van der Waals surface area contributed by atoms with Crippen molar-refractivity contribution in [3.8, 4) is 0 Å². The predicted octanol–water partition coefficient (Wildman–Crippen LogP) is 2.08. The average Bonchev–Trinajstić information content (AvgIpc) is 3.01. The van der Waals surface area contributed by atoms with Crippen molar-refractivity contribution in [2.24, 2.45) is 0 Å². The summed E-state index contributed by atoms with van der Waals surface area (Å²) in [5, 5.41) is 7.03. The summed E-state index contributed by atoms with van der Waals surface area (Å²) >= 11 is 1.62. The second-order valence-electron chi connectivity index (χ2n) is 3.71. The molecule has 0 atom stereocenters. The van der Waals surface area contributed by atoms with E-state index in [9.17, 15) is 4.79 Å². The number of para-hydroxylation sites is 1. The monoisotopic (exact) mass is 290 g/mol. The summed E-state index contributed by atoms with van der Waals surface area (Å²) < 4.78 is 6.09. The maximum Gasteiger partial charge on any atom is 0.358 e. The average molecular weight is 290 g/mol. The molecule has 0 spiro atoms. The molecule has 2 rings (SSSR count). The fraction of sp³-hybridized carbons (Fsp3) is 0.154. The van der Waals surface area contributed by atoms with Crippen molar-refractivity contribution in [3.63, 3.8) is 0 Å². The van der Waals surface area contributed by atoms with Gasteiger partial charge in [-0.15, -0.1) is 11.8 Å². The minimum Gasteiger partial charge on any atom is -0.464 e. The number of aromatic nitrogens is 3. The Morgan fingerprint density at radius 2 is 2.25 bits per heavy atom. The van der Waals surface area contributed by atoms with E-state index in [1.807, 2.05) is 30.5 Å². The number of nitrogens with one attached hydrogen (secondary N) is 1. The lowest BCUT2D eigenvalue weighted by atomic mass is 10.3. The van der Waals surface area contributed by atoms with E-state index in [-0.39, 0.29) is 5.70 Å². The molecule has 2 aromatic rings. The third-order valence-corrected chi connectivity index (χ3v) is 3.33. The first-order chi connectivity index (χ1) is 9.76. The molecule has 0 amide bonds. The van der Waals surface area contributed by atoms with Gasteiger partial charge < -0.3 is 10.1 Å². The van der Waals surface area contributed by atoms with E-state index in [4.69, 9.17) is 4.74 Å². The van der Waals surface area contributed by atoms with E-state index in [0.29, 0.717) is 0 Å². The van der Waals surface area contributed by atoms with Crippen LogP contribution in [0.15, 0.2) is 48.0 Å². The molecule has 1 aromatic carbocycles. The predicted molar refractivity (Wildman–Crippen MR) is 78.2 cm³/mol. The number of esters is 1. The number of nitrogens with zero attached hydrogens (tertiary/aromatic N) is 3. The first-order valence-corrected chi connectivity index (χ1v) is 7.01. The summed E-state index contributed by atoms with van der Waals surface area (Å²) in [4.78, 5) is 16.7. The summed E-state index contributed by atoms with van der Waals surface area (Å²) in [5.74, 6) is -0.496. The molecule has 0 aliphatic carbocycles. The number of methoxy groups -OCH3 is 1. The van der Waals surface area contributed by atoms with Crippen molar-refractivity contribution >= 4 is 29.1 Å². The van der Waals surface area contributed by atoms with Gasteiger partial charge in [0.15, 0.2) is 5.70 Å². The molecular formula is C13H14N4O2S. The largest absolute Gasteiger partial charge is 0.464 e. The number of hydrogen-bond acceptors (Lipinski definition) is 6. The summed E-state index contributed by atoms with van der Waals surface area (Å²) in [6.45, 7) is 0. The number of anilines is 1. The van der Waals surface area contributed by atoms with Crippen molar-refractivity contribution in [1.82, 2.24) is 14.8 Å². The Balaban J connectivity index is 2.28. The van der Waals surface area contributed by atoms with Gasteiger partial charge in [-0.25, -0.2) is 14.5 Å². The van der Waals surface area contributed by atoms with Crippen LogP contribution in [0.5, 0.6) is 0 Å². The van der Waals surface area contributed by atoms with Crippen LogP contribution in [-0.4, -0.2) is 34.1 Å². The fourth-order valence-electron chi connectivity index (χ4n) is 1.57. The maximum atomic E-state index is 11.8. The van der Waals surface area contributed by atoms with Crippen LogP contribution < -0.4 is 5.32 Å². The molecule has 0 aliphatic heterocycles. The molecule has 0 saturated heterocycles. The molecule has 1 heterocycles. The Bertz CT molecular complexity index is 611. The van der Waals surface area contributed by atoms with Gasteiger partial charge in [-0.1, -0.05) is 12.1 Å². The van der Waals surface area contributed by atoms with Crippen molar-refractivity contribution < 1.29 is 9.53 Å². The van der Waals surface area contributed by atoms with Crippen LogP contribution >= 0.6 is 11.8 Å². The van der Waals surface area contributed by atoms with Gasteiger partial charge in [-0.2, -0.15) is 5.10 Å². The van der Waals surface area contributed by atoms with Crippen LogP contribution in [0.4, 0.5) is 5.69 Å². The van der Waals surface area contributed by atoms with Crippen molar-refractivity contribution in [2.45, 2.75) is 4.90 Å². The highest BCUT2D eigenvalue weighted by Crippen LogP contribution is 2.24. The molecular weight excluding hydrogens is 276 g/mol. The van der Waals surface area contributed by atoms with E-state index < -0.39 is 5.97 Å². The van der Waals surface area contributed by atoms with Gasteiger partial charge in [0.25, 0.3) is 0 Å². The number of thioether (sulfide) groups is 1. The normalized spacial score (nSPS) is 11.2. The van der Waals surface area contributed by atoms with Gasteiger partial charge in [0.1, 0.15) is 12.7 Å². The lowest BCUT2D eigenvalue weighted by Gasteiger charge is -2.09. The zero-order valence-electron chi connectivity index (χ0n) is 11.1. The molecule has 0 fully saturated rings. The minimum absolute atomic E-state index is 0.251. The number of rotatable bonds is 5. The topological polar surface area (TPSA) is 69.0 Å². The summed E-state index contributed by atoms with van der Waals surface area (Å²) in [6, 6.07) is 7.80. The van der Waals surface area contributed by atoms with E-state index in [0.717, 1.165) is 10.6 Å². The van der Waals surface area contributed by atoms with Crippen molar-refractivity contribution in [1.29, 1.82) is 0 Å². The lowest BCUT2D eigenvalue weighted by molar-refractivity contribution is -0.134.